The maximum Gasteiger partial charge on any atom is 0.414 e. The van der Waals surface area contributed by atoms with Gasteiger partial charge in [-0.05, 0) is 118 Å². The number of carbonyl (C=O) groups is 6. The number of hydrogen-bond acceptors (Lipinski definition) is 13. The number of methoxy groups -OCH3 is 1. The zero-order chi connectivity index (χ0) is 60.7. The summed E-state index contributed by atoms with van der Waals surface area (Å²) in [6.45, 7) is 29.2. The van der Waals surface area contributed by atoms with E-state index in [2.05, 4.69) is 51.1 Å². The maximum atomic E-state index is 14.7. The van der Waals surface area contributed by atoms with Gasteiger partial charge in [-0.1, -0.05) is 89.8 Å². The van der Waals surface area contributed by atoms with Crippen molar-refractivity contribution < 1.29 is 56.9 Å². The smallest absolute Gasteiger partial charge is 0.414 e. The van der Waals surface area contributed by atoms with E-state index in [1.165, 1.54) is 25.2 Å². The first-order valence-corrected chi connectivity index (χ1v) is 31.5. The number of anilines is 2. The Bertz CT molecular complexity index is 3070. The fourth-order valence-electron chi connectivity index (χ4n) is 10.5. The molecular weight excluding hydrogens is 1070 g/mol. The Morgan fingerprint density at radius 1 is 0.807 bits per heavy atom. The first kappa shape index (κ1) is 63.1. The number of fused-ring (bicyclic) bond motifs is 4. The molecule has 0 fully saturated rings. The second-order valence-electron chi connectivity index (χ2n) is 23.5. The monoisotopic (exact) mass is 1160 g/mol. The van der Waals surface area contributed by atoms with E-state index in [0.717, 1.165) is 22.3 Å². The van der Waals surface area contributed by atoms with Gasteiger partial charge < -0.3 is 48.5 Å². The highest BCUT2D eigenvalue weighted by Crippen LogP contribution is 2.46. The van der Waals surface area contributed by atoms with E-state index < -0.39 is 56.8 Å². The number of hydrogen-bond donors (Lipinski definition) is 2. The second kappa shape index (κ2) is 26.8. The maximum absolute atomic E-state index is 14.7. The van der Waals surface area contributed by atoms with E-state index in [1.54, 1.807) is 45.9 Å². The molecule has 0 saturated carbocycles. The molecule has 446 valence electrons. The lowest BCUT2D eigenvalue weighted by molar-refractivity contribution is -0.128. The van der Waals surface area contributed by atoms with Crippen LogP contribution in [0, 0.1) is 12.8 Å². The summed E-state index contributed by atoms with van der Waals surface area (Å²) in [6, 6.07) is 11.6. The lowest BCUT2D eigenvalue weighted by atomic mass is 10.0. The molecule has 7 rings (SSSR count). The third-order valence-electron chi connectivity index (χ3n) is 16.2. The number of carbonyl (C=O) groups excluding carboxylic acids is 6. The summed E-state index contributed by atoms with van der Waals surface area (Å²) in [4.78, 5) is 89.7. The molecule has 4 aliphatic heterocycles. The summed E-state index contributed by atoms with van der Waals surface area (Å²) >= 11 is 0. The summed E-state index contributed by atoms with van der Waals surface area (Å²) in [7, 11) is -1.10. The van der Waals surface area contributed by atoms with E-state index in [1.807, 2.05) is 103 Å². The molecule has 5 amide bonds. The fraction of sp³-hybridized carbons (Fsp3) is 0.469. The zero-order valence-electron chi connectivity index (χ0n) is 50.8. The topological polar surface area (TPSA) is 195 Å². The van der Waals surface area contributed by atoms with Gasteiger partial charge in [-0.25, -0.2) is 4.79 Å². The molecule has 1 unspecified atom stereocenters. The molecule has 3 aromatic rings. The number of ether oxygens (including phenoxy) is 5. The van der Waals surface area contributed by atoms with E-state index in [4.69, 9.17) is 28.1 Å². The number of amides is 5. The van der Waals surface area contributed by atoms with Crippen LogP contribution in [-0.2, 0) is 41.4 Å². The van der Waals surface area contributed by atoms with Crippen LogP contribution in [0.25, 0.3) is 0 Å². The van der Waals surface area contributed by atoms with Gasteiger partial charge in [-0.3, -0.25) is 33.8 Å². The first-order valence-electron chi connectivity index (χ1n) is 28.6. The SMILES string of the molecule is C=COCC(=O)N1c2cc(OCCCOc3cc4c(cc3OC)C(=O)N3C=C(/C=C/C)C[C@H]3[C@H](C)N4C(=O)OCc3ccc(CNC(C)C(=O)N[C@H](C(C)=O)C(C)C)cc3)c(C)cc2C(=O)N2C=C(/C=C/C)C[C@H]2[C@@H]1O[Si](C)(C)C(C)(C)C. The molecule has 0 aromatic heterocycles. The van der Waals surface area contributed by atoms with E-state index in [-0.39, 0.29) is 72.2 Å². The van der Waals surface area contributed by atoms with Gasteiger partial charge in [0.1, 0.15) is 18.6 Å². The number of aryl methyl sites for hydroxylation is 1. The summed E-state index contributed by atoms with van der Waals surface area (Å²) in [6.07, 6.45) is 12.5. The molecule has 2 N–H and O–H groups in total. The van der Waals surface area contributed by atoms with E-state index >= 15 is 0 Å². The molecule has 0 spiro atoms. The molecule has 4 aliphatic rings. The van der Waals surface area contributed by atoms with Crippen molar-refractivity contribution in [3.05, 3.63) is 137 Å². The Labute approximate surface area is 490 Å². The number of rotatable bonds is 23. The average molecular weight is 1160 g/mol. The van der Waals surface area contributed by atoms with Gasteiger partial charge in [0.25, 0.3) is 17.7 Å². The quantitative estimate of drug-likeness (QED) is 0.0518. The van der Waals surface area contributed by atoms with Crippen LogP contribution in [0.15, 0.2) is 109 Å². The number of nitrogens with one attached hydrogen (secondary N) is 2. The van der Waals surface area contributed by atoms with Gasteiger partial charge in [0.05, 0.1) is 79.3 Å². The highest BCUT2D eigenvalue weighted by Gasteiger charge is 2.50. The number of benzene rings is 3. The lowest BCUT2D eigenvalue weighted by Gasteiger charge is -2.44. The van der Waals surface area contributed by atoms with Crippen LogP contribution in [0.5, 0.6) is 17.2 Å². The Morgan fingerprint density at radius 2 is 1.37 bits per heavy atom. The van der Waals surface area contributed by atoms with Crippen molar-refractivity contribution in [2.75, 3.05) is 36.7 Å². The minimum absolute atomic E-state index is 0.0361. The van der Waals surface area contributed by atoms with Gasteiger partial charge in [-0.2, -0.15) is 0 Å². The number of nitrogens with zero attached hydrogens (tertiary/aromatic N) is 4. The molecule has 6 atom stereocenters. The number of ketones is 1. The van der Waals surface area contributed by atoms with Crippen molar-refractivity contribution in [3.8, 4) is 17.2 Å². The largest absolute Gasteiger partial charge is 0.493 e. The second-order valence-corrected chi connectivity index (χ2v) is 28.3. The Kier molecular flexibility index (Phi) is 20.4. The molecular formula is C64H84N6O12Si. The molecule has 0 saturated heterocycles. The minimum atomic E-state index is -2.59. The molecule has 0 bridgehead atoms. The van der Waals surface area contributed by atoms with Gasteiger partial charge in [0.15, 0.2) is 32.2 Å². The van der Waals surface area contributed by atoms with Gasteiger partial charge in [0, 0.05) is 37.5 Å². The predicted molar refractivity (Wildman–Crippen MR) is 323 cm³/mol. The van der Waals surface area contributed by atoms with Crippen LogP contribution >= 0.6 is 0 Å². The summed E-state index contributed by atoms with van der Waals surface area (Å²) in [5.74, 6) is -0.331. The van der Waals surface area contributed by atoms with Gasteiger partial charge in [-0.15, -0.1) is 0 Å². The van der Waals surface area contributed by atoms with Crippen molar-refractivity contribution in [1.29, 1.82) is 0 Å². The third kappa shape index (κ3) is 14.1. The molecule has 83 heavy (non-hydrogen) atoms. The Balaban J connectivity index is 1.10. The molecule has 19 heteroatoms. The van der Waals surface area contributed by atoms with Crippen LogP contribution in [0.4, 0.5) is 16.2 Å². The van der Waals surface area contributed by atoms with Crippen LogP contribution in [0.2, 0.25) is 18.1 Å². The molecule has 3 aromatic carbocycles. The van der Waals surface area contributed by atoms with Crippen LogP contribution in [0.1, 0.15) is 126 Å². The molecule has 0 radical (unpaired) electrons. The van der Waals surface area contributed by atoms with Gasteiger partial charge in [0.2, 0.25) is 5.91 Å². The number of allylic oxidation sites excluding steroid dienone is 4. The van der Waals surface area contributed by atoms with Crippen LogP contribution < -0.4 is 34.6 Å². The van der Waals surface area contributed by atoms with Crippen LogP contribution in [-0.4, -0.2) is 117 Å². The zero-order valence-corrected chi connectivity index (χ0v) is 51.8. The highest BCUT2D eigenvalue weighted by molar-refractivity contribution is 6.74. The van der Waals surface area contributed by atoms with Crippen molar-refractivity contribution in [1.82, 2.24) is 20.4 Å². The molecule has 0 aliphatic carbocycles. The minimum Gasteiger partial charge on any atom is -0.493 e. The normalized spacial score (nSPS) is 19.5. The number of Topliss-reactive ketones (excluding diaryl/α,β-unsaturated/α-hetero) is 1. The van der Waals surface area contributed by atoms with Crippen molar-refractivity contribution in [2.45, 2.75) is 163 Å². The molecule has 4 heterocycles. The third-order valence-corrected chi connectivity index (χ3v) is 20.6. The summed E-state index contributed by atoms with van der Waals surface area (Å²) in [5.41, 5.74) is 5.40. The van der Waals surface area contributed by atoms with Gasteiger partial charge >= 0.3 is 6.09 Å². The fourth-order valence-corrected chi connectivity index (χ4v) is 11.8. The predicted octanol–water partition coefficient (Wildman–Crippen LogP) is 10.8. The lowest BCUT2D eigenvalue weighted by Crippen LogP contribution is -2.58. The van der Waals surface area contributed by atoms with Crippen molar-refractivity contribution in [3.63, 3.8) is 0 Å². The molecule has 18 nitrogen and oxygen atoms in total. The van der Waals surface area contributed by atoms with Crippen molar-refractivity contribution in [2.24, 2.45) is 5.92 Å². The standard InChI is InChI=1S/C64H84N6O12Si/c1-16-20-46-29-50-42(8)69(63(76)81-37-45-24-22-44(23-25-45)34-65-41(7)59(73)66-58(39(4)5)43(9)71)51-33-56(55(77-13)31-49(51)61(75)67(50)35-46)80-27-19-26-79-54-32-52-48(28-40(54)6)60(74)68-36-47(21-17-2)30-53(68)62(70(52)57(72)38-78-18-3)82-83(14,15)64(10,11)12/h16-18,20-25,28,31-33,35-36,39,41-42,50,53,58,62,65H,3,19,26-27,29-30,34,37-38H2,1-2,4-15H3,(H,66,73)/b20-16+,21-17+/t41?,42-,50-,53-,58-,62-/m0/s1. The Hall–Kier alpha value is -7.48. The average Bonchev–Trinajstić information content (AvgIpc) is 2.58. The van der Waals surface area contributed by atoms with Crippen molar-refractivity contribution >= 4 is 55.2 Å². The summed E-state index contributed by atoms with van der Waals surface area (Å²) < 4.78 is 37.4. The van der Waals surface area contributed by atoms with E-state index in [0.29, 0.717) is 59.8 Å². The first-order chi connectivity index (χ1) is 39.3. The Morgan fingerprint density at radius 3 is 1.95 bits per heavy atom. The van der Waals surface area contributed by atoms with Crippen LogP contribution in [0.3, 0.4) is 0 Å². The van der Waals surface area contributed by atoms with E-state index in [9.17, 15) is 28.8 Å². The summed E-state index contributed by atoms with van der Waals surface area (Å²) in [5, 5.41) is 5.83. The highest BCUT2D eigenvalue weighted by atomic mass is 28.4.